The van der Waals surface area contributed by atoms with Crippen molar-refractivity contribution in [2.75, 3.05) is 20.2 Å². The number of piperidine rings is 1. The van der Waals surface area contributed by atoms with Crippen molar-refractivity contribution < 1.29 is 45.3 Å². The molecule has 5 nitrogen and oxygen atoms in total. The average molecular weight is 451 g/mol. The lowest BCUT2D eigenvalue weighted by molar-refractivity contribution is -0.308. The van der Waals surface area contributed by atoms with Crippen LogP contribution in [0.1, 0.15) is 12.8 Å². The minimum atomic E-state index is -5.74. The first kappa shape index (κ1) is 22.8. The van der Waals surface area contributed by atoms with Crippen molar-refractivity contribution in [2.45, 2.75) is 37.4 Å². The fourth-order valence-corrected chi connectivity index (χ4v) is 3.25. The molecule has 0 saturated carbocycles. The number of hydrogen-bond acceptors (Lipinski definition) is 4. The van der Waals surface area contributed by atoms with Gasteiger partial charge in [-0.2, -0.15) is 26.3 Å². The molecule has 1 fully saturated rings. The van der Waals surface area contributed by atoms with Crippen molar-refractivity contribution in [3.8, 4) is 11.5 Å². The largest absolute Gasteiger partial charge is 0.497 e. The second-order valence-electron chi connectivity index (χ2n) is 7.03. The number of hydrogen-bond donors (Lipinski definition) is 0. The minimum absolute atomic E-state index is 0.0866. The van der Waals surface area contributed by atoms with Crippen molar-refractivity contribution in [2.24, 2.45) is 0 Å². The van der Waals surface area contributed by atoms with Crippen LogP contribution in [0.3, 0.4) is 0 Å². The predicted octanol–water partition coefficient (Wildman–Crippen LogP) is 5.32. The zero-order chi connectivity index (χ0) is 22.8. The fourth-order valence-electron chi connectivity index (χ4n) is 3.25. The van der Waals surface area contributed by atoms with Crippen LogP contribution in [0.4, 0.5) is 31.1 Å². The van der Waals surface area contributed by atoms with Crippen LogP contribution in [0, 0.1) is 0 Å². The number of nitrogens with zero attached hydrogens (tertiary/aromatic N) is 1. The molecule has 2 aromatic carbocycles. The molecule has 0 radical (unpaired) electrons. The van der Waals surface area contributed by atoms with Crippen LogP contribution in [0.5, 0.6) is 11.5 Å². The zero-order valence-electron chi connectivity index (χ0n) is 16.3. The molecule has 0 aromatic heterocycles. The number of alkyl halides is 6. The highest BCUT2D eigenvalue weighted by Gasteiger charge is 2.60. The quantitative estimate of drug-likeness (QED) is 0.591. The van der Waals surface area contributed by atoms with Crippen LogP contribution in [-0.2, 0) is 4.74 Å². The topological polar surface area (TPSA) is 48.0 Å². The van der Waals surface area contributed by atoms with Gasteiger partial charge in [0.25, 0.3) is 6.10 Å². The van der Waals surface area contributed by atoms with E-state index in [4.69, 9.17) is 9.47 Å². The van der Waals surface area contributed by atoms with Gasteiger partial charge in [-0.15, -0.1) is 0 Å². The number of methoxy groups -OCH3 is 1. The maximum absolute atomic E-state index is 12.6. The van der Waals surface area contributed by atoms with E-state index in [1.807, 2.05) is 24.3 Å². The summed E-state index contributed by atoms with van der Waals surface area (Å²) < 4.78 is 90.1. The van der Waals surface area contributed by atoms with Crippen LogP contribution in [0.2, 0.25) is 0 Å². The Hall–Kier alpha value is -2.85. The lowest BCUT2D eigenvalue weighted by atomic mass is 10.1. The molecule has 2 aromatic rings. The van der Waals surface area contributed by atoms with Gasteiger partial charge in [0.15, 0.2) is 0 Å². The van der Waals surface area contributed by atoms with Gasteiger partial charge in [0.05, 0.1) is 7.11 Å². The van der Waals surface area contributed by atoms with Crippen molar-refractivity contribution >= 4 is 16.9 Å². The van der Waals surface area contributed by atoms with E-state index in [2.05, 4.69) is 4.74 Å². The predicted molar refractivity (Wildman–Crippen MR) is 98.1 cm³/mol. The van der Waals surface area contributed by atoms with Crippen molar-refractivity contribution in [3.63, 3.8) is 0 Å². The Morgan fingerprint density at radius 3 is 1.97 bits per heavy atom. The van der Waals surface area contributed by atoms with Gasteiger partial charge in [-0.3, -0.25) is 0 Å². The van der Waals surface area contributed by atoms with E-state index in [1.165, 1.54) is 0 Å². The molecule has 0 atom stereocenters. The molecular weight excluding hydrogens is 432 g/mol. The van der Waals surface area contributed by atoms with Gasteiger partial charge in [0, 0.05) is 25.9 Å². The Balaban J connectivity index is 1.57. The Morgan fingerprint density at radius 1 is 0.935 bits per heavy atom. The summed E-state index contributed by atoms with van der Waals surface area (Å²) in [6.45, 7) is -0.173. The lowest BCUT2D eigenvalue weighted by Crippen LogP contribution is -2.50. The summed E-state index contributed by atoms with van der Waals surface area (Å²) in [6.07, 6.45) is -17.2. The molecule has 1 saturated heterocycles. The summed E-state index contributed by atoms with van der Waals surface area (Å²) in [7, 11) is 1.56. The number of carbonyl (C=O) groups is 1. The SMILES string of the molecule is COc1ccc2cc(OC3CCN(C(=O)OC(C(F)(F)F)C(F)(F)F)CC3)ccc2c1. The van der Waals surface area contributed by atoms with E-state index < -0.39 is 24.5 Å². The lowest BCUT2D eigenvalue weighted by Gasteiger charge is -2.33. The fraction of sp³-hybridized carbons (Fsp3) is 0.450. The number of carbonyl (C=O) groups excluding carboxylic acids is 1. The number of ether oxygens (including phenoxy) is 3. The molecular formula is C20H19F6NO4. The van der Waals surface area contributed by atoms with E-state index in [-0.39, 0.29) is 32.0 Å². The van der Waals surface area contributed by atoms with Gasteiger partial charge in [0.2, 0.25) is 0 Å². The number of rotatable bonds is 4. The van der Waals surface area contributed by atoms with E-state index in [0.717, 1.165) is 15.7 Å². The summed E-state index contributed by atoms with van der Waals surface area (Å²) in [5, 5.41) is 1.85. The maximum atomic E-state index is 12.6. The third-order valence-electron chi connectivity index (χ3n) is 4.84. The molecule has 3 rings (SSSR count). The van der Waals surface area contributed by atoms with Crippen LogP contribution < -0.4 is 9.47 Å². The third kappa shape index (κ3) is 5.65. The summed E-state index contributed by atoms with van der Waals surface area (Å²) in [4.78, 5) is 12.6. The molecule has 31 heavy (non-hydrogen) atoms. The molecule has 1 amide bonds. The molecule has 0 N–H and O–H groups in total. The van der Waals surface area contributed by atoms with Gasteiger partial charge in [-0.25, -0.2) is 4.79 Å². The van der Waals surface area contributed by atoms with E-state index in [9.17, 15) is 31.1 Å². The smallest absolute Gasteiger partial charge is 0.434 e. The Kier molecular flexibility index (Phi) is 6.42. The second kappa shape index (κ2) is 8.72. The van der Waals surface area contributed by atoms with E-state index in [1.54, 1.807) is 19.2 Å². The Labute approximate surface area is 173 Å². The van der Waals surface area contributed by atoms with Gasteiger partial charge >= 0.3 is 18.4 Å². The molecule has 0 unspecified atom stereocenters. The molecule has 0 bridgehead atoms. The number of halogens is 6. The summed E-state index contributed by atoms with van der Waals surface area (Å²) in [5.74, 6) is 1.27. The van der Waals surface area contributed by atoms with Crippen LogP contribution >= 0.6 is 0 Å². The standard InChI is InChI=1S/C20H19F6NO4/c1-29-15-4-2-13-11-16(5-3-12(13)10-15)30-14-6-8-27(9-7-14)18(28)31-17(19(21,22)23)20(24,25)26/h2-5,10-11,14,17H,6-9H2,1H3. The van der Waals surface area contributed by atoms with Gasteiger partial charge < -0.3 is 19.1 Å². The number of fused-ring (bicyclic) bond motifs is 1. The zero-order valence-corrected chi connectivity index (χ0v) is 16.3. The molecule has 11 heteroatoms. The van der Waals surface area contributed by atoms with Crippen molar-refractivity contribution in [3.05, 3.63) is 36.4 Å². The Morgan fingerprint density at radius 2 is 1.45 bits per heavy atom. The van der Waals surface area contributed by atoms with Crippen molar-refractivity contribution in [1.29, 1.82) is 0 Å². The third-order valence-corrected chi connectivity index (χ3v) is 4.84. The molecule has 0 aliphatic carbocycles. The average Bonchev–Trinajstić information content (AvgIpc) is 2.70. The monoisotopic (exact) mass is 451 g/mol. The molecule has 170 valence electrons. The van der Waals surface area contributed by atoms with E-state index in [0.29, 0.717) is 11.5 Å². The maximum Gasteiger partial charge on any atom is 0.434 e. The first-order chi connectivity index (χ1) is 14.5. The normalized spacial score (nSPS) is 15.9. The van der Waals surface area contributed by atoms with Gasteiger partial charge in [-0.1, -0.05) is 12.1 Å². The highest BCUT2D eigenvalue weighted by molar-refractivity contribution is 5.85. The second-order valence-corrected chi connectivity index (χ2v) is 7.03. The number of likely N-dealkylation sites (tertiary alicyclic amines) is 1. The minimum Gasteiger partial charge on any atom is -0.497 e. The summed E-state index contributed by atoms with van der Waals surface area (Å²) in [6, 6.07) is 10.9. The number of amides is 1. The number of benzene rings is 2. The van der Waals surface area contributed by atoms with Gasteiger partial charge in [0.1, 0.15) is 17.6 Å². The first-order valence-electron chi connectivity index (χ1n) is 9.31. The molecule has 1 heterocycles. The highest BCUT2D eigenvalue weighted by Crippen LogP contribution is 2.36. The van der Waals surface area contributed by atoms with Crippen LogP contribution in [-0.4, -0.2) is 55.8 Å². The van der Waals surface area contributed by atoms with Crippen LogP contribution in [0.25, 0.3) is 10.8 Å². The summed E-state index contributed by atoms with van der Waals surface area (Å²) in [5.41, 5.74) is 0. The van der Waals surface area contributed by atoms with Crippen molar-refractivity contribution in [1.82, 2.24) is 4.90 Å². The van der Waals surface area contributed by atoms with E-state index >= 15 is 0 Å². The van der Waals surface area contributed by atoms with Crippen LogP contribution in [0.15, 0.2) is 36.4 Å². The Bertz CT molecular complexity index is 908. The molecule has 0 spiro atoms. The summed E-state index contributed by atoms with van der Waals surface area (Å²) >= 11 is 0. The molecule has 1 aliphatic rings. The molecule has 1 aliphatic heterocycles. The highest BCUT2D eigenvalue weighted by atomic mass is 19.4. The van der Waals surface area contributed by atoms with Gasteiger partial charge in [-0.05, 0) is 35.0 Å². The first-order valence-corrected chi connectivity index (χ1v) is 9.31.